The van der Waals surface area contributed by atoms with Crippen LogP contribution >= 0.6 is 0 Å². The van der Waals surface area contributed by atoms with Gasteiger partial charge in [0.2, 0.25) is 5.91 Å². The zero-order valence-electron chi connectivity index (χ0n) is 14.9. The van der Waals surface area contributed by atoms with Gasteiger partial charge in [-0.15, -0.1) is 0 Å². The lowest BCUT2D eigenvalue weighted by atomic mass is 10.1. The molecule has 26 heavy (non-hydrogen) atoms. The summed E-state index contributed by atoms with van der Waals surface area (Å²) in [4.78, 5) is 16.6. The highest BCUT2D eigenvalue weighted by Crippen LogP contribution is 2.23. The van der Waals surface area contributed by atoms with E-state index in [9.17, 15) is 4.79 Å². The van der Waals surface area contributed by atoms with Gasteiger partial charge in [-0.05, 0) is 49.2 Å². The molecule has 1 heterocycles. The Labute approximate surface area is 153 Å². The number of carbonyl (C=O) groups is 1. The highest BCUT2D eigenvalue weighted by molar-refractivity contribution is 5.93. The molecule has 0 unspecified atom stereocenters. The van der Waals surface area contributed by atoms with Gasteiger partial charge in [0.25, 0.3) is 0 Å². The monoisotopic (exact) mass is 346 g/mol. The first kappa shape index (κ1) is 17.5. The van der Waals surface area contributed by atoms with Crippen LogP contribution in [0.25, 0.3) is 0 Å². The molecule has 132 valence electrons. The fraction of sp³-hybridized carbons (Fsp3) is 0.143. The lowest BCUT2D eigenvalue weighted by Crippen LogP contribution is -2.15. The van der Waals surface area contributed by atoms with E-state index in [2.05, 4.69) is 15.6 Å². The van der Waals surface area contributed by atoms with Crippen molar-refractivity contribution in [3.8, 4) is 0 Å². The van der Waals surface area contributed by atoms with Gasteiger partial charge in [-0.1, -0.05) is 24.3 Å². The van der Waals surface area contributed by atoms with Crippen LogP contribution in [-0.4, -0.2) is 10.9 Å². The minimum Gasteiger partial charge on any atom is -0.384 e. The predicted molar refractivity (Wildman–Crippen MR) is 107 cm³/mol. The van der Waals surface area contributed by atoms with Crippen LogP contribution in [0.1, 0.15) is 16.7 Å². The van der Waals surface area contributed by atoms with Crippen LogP contribution in [0.4, 0.5) is 22.9 Å². The van der Waals surface area contributed by atoms with Crippen molar-refractivity contribution in [2.24, 2.45) is 0 Å². The Morgan fingerprint density at radius 1 is 1.00 bits per heavy atom. The number of hydrogen-bond acceptors (Lipinski definition) is 4. The number of nitrogens with two attached hydrogens (primary N) is 1. The number of carbonyl (C=O) groups excluding carboxylic acids is 1. The van der Waals surface area contributed by atoms with Crippen molar-refractivity contribution in [1.29, 1.82) is 0 Å². The lowest BCUT2D eigenvalue weighted by Gasteiger charge is -2.13. The summed E-state index contributed by atoms with van der Waals surface area (Å²) in [5.74, 6) is 0.303. The predicted octanol–water partition coefficient (Wildman–Crippen LogP) is 4.21. The fourth-order valence-electron chi connectivity index (χ4n) is 2.74. The van der Waals surface area contributed by atoms with E-state index in [0.29, 0.717) is 5.82 Å². The summed E-state index contributed by atoms with van der Waals surface area (Å²) < 4.78 is 0. The zero-order valence-corrected chi connectivity index (χ0v) is 14.9. The standard InChI is InChI=1S/C21H22N4O/c1-14-5-3-7-17(9-14)24-19-12-20(22)23-13-16(19)11-21(26)25-18-8-4-6-15(2)10-18/h3-10,12-13H,11H2,1-2H3,(H,25,26)(H3,22,23,24). The van der Waals surface area contributed by atoms with E-state index in [1.165, 1.54) is 0 Å². The van der Waals surface area contributed by atoms with E-state index in [-0.39, 0.29) is 12.3 Å². The van der Waals surface area contributed by atoms with Gasteiger partial charge in [-0.25, -0.2) is 4.98 Å². The molecule has 3 aromatic rings. The number of anilines is 4. The van der Waals surface area contributed by atoms with Crippen LogP contribution in [0, 0.1) is 13.8 Å². The molecule has 1 amide bonds. The summed E-state index contributed by atoms with van der Waals surface area (Å²) >= 11 is 0. The normalized spacial score (nSPS) is 10.4. The van der Waals surface area contributed by atoms with Gasteiger partial charge >= 0.3 is 0 Å². The van der Waals surface area contributed by atoms with Crippen molar-refractivity contribution >= 4 is 28.8 Å². The molecular weight excluding hydrogens is 324 g/mol. The third-order valence-corrected chi connectivity index (χ3v) is 3.96. The Morgan fingerprint density at radius 3 is 2.35 bits per heavy atom. The molecule has 0 aliphatic rings. The molecule has 1 aromatic heterocycles. The molecule has 0 bridgehead atoms. The largest absolute Gasteiger partial charge is 0.384 e. The molecular formula is C21H22N4O. The third kappa shape index (κ3) is 4.60. The average Bonchev–Trinajstić information content (AvgIpc) is 2.57. The van der Waals surface area contributed by atoms with E-state index in [0.717, 1.165) is 33.8 Å². The van der Waals surface area contributed by atoms with E-state index in [4.69, 9.17) is 5.73 Å². The highest BCUT2D eigenvalue weighted by Gasteiger charge is 2.11. The third-order valence-electron chi connectivity index (χ3n) is 3.96. The van der Waals surface area contributed by atoms with Gasteiger partial charge in [0.1, 0.15) is 5.82 Å². The molecule has 5 nitrogen and oxygen atoms in total. The number of rotatable bonds is 5. The number of nitrogens with zero attached hydrogens (tertiary/aromatic N) is 1. The summed E-state index contributed by atoms with van der Waals surface area (Å²) in [7, 11) is 0. The first-order chi connectivity index (χ1) is 12.5. The number of amides is 1. The second kappa shape index (κ2) is 7.70. The van der Waals surface area contributed by atoms with E-state index in [1.54, 1.807) is 12.3 Å². The number of pyridine rings is 1. The number of aryl methyl sites for hydroxylation is 2. The molecule has 3 rings (SSSR count). The van der Waals surface area contributed by atoms with Crippen molar-refractivity contribution < 1.29 is 4.79 Å². The first-order valence-corrected chi connectivity index (χ1v) is 8.44. The summed E-state index contributed by atoms with van der Waals surface area (Å²) in [5, 5.41) is 6.25. The van der Waals surface area contributed by atoms with Crippen LogP contribution in [0.15, 0.2) is 60.8 Å². The summed E-state index contributed by atoms with van der Waals surface area (Å²) in [6.07, 6.45) is 1.85. The quantitative estimate of drug-likeness (QED) is 0.647. The molecule has 0 aliphatic carbocycles. The van der Waals surface area contributed by atoms with Gasteiger partial charge in [0.05, 0.1) is 6.42 Å². The molecule has 0 spiro atoms. The highest BCUT2D eigenvalue weighted by atomic mass is 16.1. The Hall–Kier alpha value is -3.34. The Bertz CT molecular complexity index is 937. The smallest absolute Gasteiger partial charge is 0.228 e. The average molecular weight is 346 g/mol. The maximum Gasteiger partial charge on any atom is 0.228 e. The van der Waals surface area contributed by atoms with Gasteiger partial charge in [0.15, 0.2) is 0 Å². The molecule has 5 heteroatoms. The minimum absolute atomic E-state index is 0.102. The fourth-order valence-corrected chi connectivity index (χ4v) is 2.74. The van der Waals surface area contributed by atoms with Crippen molar-refractivity contribution in [3.63, 3.8) is 0 Å². The molecule has 2 aromatic carbocycles. The zero-order chi connectivity index (χ0) is 18.5. The lowest BCUT2D eigenvalue weighted by molar-refractivity contribution is -0.115. The van der Waals surface area contributed by atoms with Crippen LogP contribution in [0.2, 0.25) is 0 Å². The molecule has 0 saturated heterocycles. The second-order valence-electron chi connectivity index (χ2n) is 6.36. The number of benzene rings is 2. The SMILES string of the molecule is Cc1cccc(NC(=O)Cc2cnc(N)cc2Nc2cccc(C)c2)c1. The number of hydrogen-bond donors (Lipinski definition) is 3. The molecule has 0 aliphatic heterocycles. The van der Waals surface area contributed by atoms with Gasteiger partial charge in [-0.3, -0.25) is 4.79 Å². The Kier molecular flexibility index (Phi) is 5.17. The summed E-state index contributed by atoms with van der Waals surface area (Å²) in [6.45, 7) is 4.02. The van der Waals surface area contributed by atoms with E-state index < -0.39 is 0 Å². The maximum absolute atomic E-state index is 12.4. The van der Waals surface area contributed by atoms with Gasteiger partial charge in [0, 0.05) is 34.9 Å². The number of nitrogen functional groups attached to an aromatic ring is 1. The van der Waals surface area contributed by atoms with Crippen molar-refractivity contribution in [1.82, 2.24) is 4.98 Å². The maximum atomic E-state index is 12.4. The minimum atomic E-state index is -0.102. The topological polar surface area (TPSA) is 80.0 Å². The number of aromatic nitrogens is 1. The van der Waals surface area contributed by atoms with Crippen molar-refractivity contribution in [3.05, 3.63) is 77.5 Å². The van der Waals surface area contributed by atoms with Crippen LogP contribution in [-0.2, 0) is 11.2 Å². The van der Waals surface area contributed by atoms with Crippen LogP contribution in [0.3, 0.4) is 0 Å². The molecule has 0 saturated carbocycles. The second-order valence-corrected chi connectivity index (χ2v) is 6.36. The van der Waals surface area contributed by atoms with Crippen LogP contribution in [0.5, 0.6) is 0 Å². The number of nitrogens with one attached hydrogen (secondary N) is 2. The molecule has 0 atom stereocenters. The van der Waals surface area contributed by atoms with Gasteiger partial charge < -0.3 is 16.4 Å². The van der Waals surface area contributed by atoms with E-state index >= 15 is 0 Å². The Balaban J connectivity index is 1.78. The molecule has 0 fully saturated rings. The summed E-state index contributed by atoms with van der Waals surface area (Å²) in [5.41, 5.74) is 11.4. The first-order valence-electron chi connectivity index (χ1n) is 8.44. The molecule has 0 radical (unpaired) electrons. The summed E-state index contributed by atoms with van der Waals surface area (Å²) in [6, 6.07) is 17.5. The molecule has 4 N–H and O–H groups in total. The van der Waals surface area contributed by atoms with E-state index in [1.807, 2.05) is 62.4 Å². The van der Waals surface area contributed by atoms with Crippen LogP contribution < -0.4 is 16.4 Å². The Morgan fingerprint density at radius 2 is 1.65 bits per heavy atom. The van der Waals surface area contributed by atoms with Crippen molar-refractivity contribution in [2.45, 2.75) is 20.3 Å². The van der Waals surface area contributed by atoms with Gasteiger partial charge in [-0.2, -0.15) is 0 Å². The van der Waals surface area contributed by atoms with Crippen molar-refractivity contribution in [2.75, 3.05) is 16.4 Å².